The van der Waals surface area contributed by atoms with E-state index in [9.17, 15) is 13.2 Å². The lowest BCUT2D eigenvalue weighted by Gasteiger charge is -2.11. The molecule has 0 saturated carbocycles. The molecule has 2 N–H and O–H groups in total. The SMILES string of the molecule is Cc1nn(CC(F)(F)F)c(C)c1NC(=S)Nc1ccccc1. The zero-order valence-corrected chi connectivity index (χ0v) is 12.8. The minimum atomic E-state index is -4.32. The van der Waals surface area contributed by atoms with E-state index in [1.165, 1.54) is 0 Å². The van der Waals surface area contributed by atoms with Gasteiger partial charge in [0.2, 0.25) is 0 Å². The number of para-hydroxylation sites is 1. The van der Waals surface area contributed by atoms with E-state index in [1.807, 2.05) is 30.3 Å². The number of rotatable bonds is 3. The van der Waals surface area contributed by atoms with Crippen molar-refractivity contribution in [2.24, 2.45) is 0 Å². The van der Waals surface area contributed by atoms with Crippen LogP contribution in [-0.4, -0.2) is 21.1 Å². The van der Waals surface area contributed by atoms with Crippen molar-refractivity contribution >= 4 is 28.7 Å². The third-order valence-electron chi connectivity index (χ3n) is 2.98. The molecule has 0 spiro atoms. The first-order chi connectivity index (χ1) is 10.3. The van der Waals surface area contributed by atoms with E-state index in [4.69, 9.17) is 12.2 Å². The van der Waals surface area contributed by atoms with Gasteiger partial charge in [-0.3, -0.25) is 4.68 Å². The van der Waals surface area contributed by atoms with Gasteiger partial charge in [0.05, 0.1) is 17.1 Å². The number of hydrogen-bond acceptors (Lipinski definition) is 2. The Bertz CT molecular complexity index is 665. The highest BCUT2D eigenvalue weighted by Gasteiger charge is 2.30. The number of thiocarbonyl (C=S) groups is 1. The largest absolute Gasteiger partial charge is 0.408 e. The van der Waals surface area contributed by atoms with E-state index >= 15 is 0 Å². The monoisotopic (exact) mass is 328 g/mol. The summed E-state index contributed by atoms with van der Waals surface area (Å²) in [5, 5.41) is 10.1. The molecule has 0 aliphatic heterocycles. The standard InChI is InChI=1S/C14H15F3N4S/c1-9-12(10(2)21(20-9)8-14(15,16)17)19-13(22)18-11-6-4-3-5-7-11/h3-7H,8H2,1-2H3,(H2,18,19,22). The number of anilines is 2. The zero-order valence-electron chi connectivity index (χ0n) is 12.0. The Labute approximate surface area is 131 Å². The van der Waals surface area contributed by atoms with Crippen molar-refractivity contribution in [3.8, 4) is 0 Å². The van der Waals surface area contributed by atoms with Crippen LogP contribution in [0.5, 0.6) is 0 Å². The Morgan fingerprint density at radius 2 is 1.82 bits per heavy atom. The molecule has 0 amide bonds. The number of nitrogens with one attached hydrogen (secondary N) is 2. The summed E-state index contributed by atoms with van der Waals surface area (Å²) in [7, 11) is 0. The predicted molar refractivity (Wildman–Crippen MR) is 84.0 cm³/mol. The van der Waals surface area contributed by atoms with Crippen LogP contribution in [0.3, 0.4) is 0 Å². The molecule has 0 saturated heterocycles. The van der Waals surface area contributed by atoms with Gasteiger partial charge in [0.15, 0.2) is 5.11 Å². The van der Waals surface area contributed by atoms with Gasteiger partial charge in [0.25, 0.3) is 0 Å². The first kappa shape index (κ1) is 16.3. The summed E-state index contributed by atoms with van der Waals surface area (Å²) in [6, 6.07) is 9.24. The zero-order chi connectivity index (χ0) is 16.3. The maximum absolute atomic E-state index is 12.5. The van der Waals surface area contributed by atoms with Crippen molar-refractivity contribution in [2.45, 2.75) is 26.6 Å². The van der Waals surface area contributed by atoms with E-state index < -0.39 is 12.7 Å². The van der Waals surface area contributed by atoms with E-state index in [0.717, 1.165) is 10.4 Å². The van der Waals surface area contributed by atoms with Crippen molar-refractivity contribution < 1.29 is 13.2 Å². The molecule has 0 fully saturated rings. The average molecular weight is 328 g/mol. The number of alkyl halides is 3. The molecule has 1 heterocycles. The molecule has 118 valence electrons. The summed E-state index contributed by atoms with van der Waals surface area (Å²) in [6.07, 6.45) is -4.32. The summed E-state index contributed by atoms with van der Waals surface area (Å²) in [5.74, 6) is 0. The second-order valence-electron chi connectivity index (χ2n) is 4.76. The van der Waals surface area contributed by atoms with Gasteiger partial charge in [-0.2, -0.15) is 18.3 Å². The molecule has 2 rings (SSSR count). The van der Waals surface area contributed by atoms with E-state index in [-0.39, 0.29) is 0 Å². The summed E-state index contributed by atoms with van der Waals surface area (Å²) < 4.78 is 38.4. The van der Waals surface area contributed by atoms with E-state index in [1.54, 1.807) is 13.8 Å². The number of halogens is 3. The quantitative estimate of drug-likeness (QED) is 0.839. The van der Waals surface area contributed by atoms with Crippen LogP contribution in [0.4, 0.5) is 24.5 Å². The second kappa shape index (κ2) is 6.35. The van der Waals surface area contributed by atoms with E-state index in [0.29, 0.717) is 22.2 Å². The first-order valence-electron chi connectivity index (χ1n) is 6.50. The maximum Gasteiger partial charge on any atom is 0.408 e. The number of hydrogen-bond donors (Lipinski definition) is 2. The molecule has 0 bridgehead atoms. The molecule has 8 heteroatoms. The number of aromatic nitrogens is 2. The van der Waals surface area contributed by atoms with Crippen LogP contribution in [0.15, 0.2) is 30.3 Å². The van der Waals surface area contributed by atoms with Gasteiger partial charge in [-0.15, -0.1) is 0 Å². The molecule has 0 aliphatic carbocycles. The number of benzene rings is 1. The molecule has 1 aromatic carbocycles. The normalized spacial score (nSPS) is 11.3. The molecule has 0 aliphatic rings. The van der Waals surface area contributed by atoms with Crippen LogP contribution in [-0.2, 0) is 6.54 Å². The average Bonchev–Trinajstić information content (AvgIpc) is 2.65. The Hall–Kier alpha value is -2.09. The highest BCUT2D eigenvalue weighted by Crippen LogP contribution is 2.24. The molecule has 2 aromatic rings. The Balaban J connectivity index is 2.11. The van der Waals surface area contributed by atoms with Crippen LogP contribution in [0, 0.1) is 13.8 Å². The van der Waals surface area contributed by atoms with Gasteiger partial charge < -0.3 is 10.6 Å². The van der Waals surface area contributed by atoms with Gasteiger partial charge in [-0.25, -0.2) is 0 Å². The topological polar surface area (TPSA) is 41.9 Å². The van der Waals surface area contributed by atoms with Crippen LogP contribution in [0.1, 0.15) is 11.4 Å². The lowest BCUT2D eigenvalue weighted by molar-refractivity contribution is -0.142. The van der Waals surface area contributed by atoms with Gasteiger partial charge in [-0.1, -0.05) is 18.2 Å². The van der Waals surface area contributed by atoms with Crippen molar-refractivity contribution in [2.75, 3.05) is 10.6 Å². The van der Waals surface area contributed by atoms with Crippen LogP contribution in [0.25, 0.3) is 0 Å². The lowest BCUT2D eigenvalue weighted by atomic mass is 10.3. The summed E-state index contributed by atoms with van der Waals surface area (Å²) in [5.41, 5.74) is 2.11. The lowest BCUT2D eigenvalue weighted by Crippen LogP contribution is -2.21. The highest BCUT2D eigenvalue weighted by molar-refractivity contribution is 7.80. The fraction of sp³-hybridized carbons (Fsp3) is 0.286. The number of nitrogens with zero attached hydrogens (tertiary/aromatic N) is 2. The Morgan fingerprint density at radius 1 is 1.18 bits per heavy atom. The van der Waals surface area contributed by atoms with Crippen molar-refractivity contribution in [1.29, 1.82) is 0 Å². The van der Waals surface area contributed by atoms with Crippen LogP contribution >= 0.6 is 12.2 Å². The summed E-state index contributed by atoms with van der Waals surface area (Å²) in [6.45, 7) is 2.08. The molecule has 1 aromatic heterocycles. The summed E-state index contributed by atoms with van der Waals surface area (Å²) >= 11 is 5.17. The smallest absolute Gasteiger partial charge is 0.332 e. The Morgan fingerprint density at radius 3 is 2.41 bits per heavy atom. The molecule has 22 heavy (non-hydrogen) atoms. The highest BCUT2D eigenvalue weighted by atomic mass is 32.1. The van der Waals surface area contributed by atoms with Crippen LogP contribution < -0.4 is 10.6 Å². The van der Waals surface area contributed by atoms with Crippen LogP contribution in [0.2, 0.25) is 0 Å². The van der Waals surface area contributed by atoms with Crippen molar-refractivity contribution in [3.63, 3.8) is 0 Å². The predicted octanol–water partition coefficient (Wildman–Crippen LogP) is 3.87. The van der Waals surface area contributed by atoms with E-state index in [2.05, 4.69) is 15.7 Å². The minimum absolute atomic E-state index is 0.295. The maximum atomic E-state index is 12.5. The molecule has 0 atom stereocenters. The van der Waals surface area contributed by atoms with Gasteiger partial charge in [-0.05, 0) is 38.2 Å². The molecule has 0 unspecified atom stereocenters. The third kappa shape index (κ3) is 4.20. The third-order valence-corrected chi connectivity index (χ3v) is 3.18. The number of aryl methyl sites for hydroxylation is 1. The Kier molecular flexibility index (Phi) is 4.70. The fourth-order valence-electron chi connectivity index (χ4n) is 2.00. The van der Waals surface area contributed by atoms with Crippen molar-refractivity contribution in [3.05, 3.63) is 41.7 Å². The van der Waals surface area contributed by atoms with Gasteiger partial charge >= 0.3 is 6.18 Å². The molecule has 4 nitrogen and oxygen atoms in total. The van der Waals surface area contributed by atoms with Gasteiger partial charge in [0, 0.05) is 5.69 Å². The molecular formula is C14H15F3N4S. The van der Waals surface area contributed by atoms with Crippen molar-refractivity contribution in [1.82, 2.24) is 9.78 Å². The van der Waals surface area contributed by atoms with Gasteiger partial charge in [0.1, 0.15) is 6.54 Å². The summed E-state index contributed by atoms with van der Waals surface area (Å²) in [4.78, 5) is 0. The molecular weight excluding hydrogens is 313 g/mol. The second-order valence-corrected chi connectivity index (χ2v) is 5.17. The fourth-order valence-corrected chi connectivity index (χ4v) is 2.22. The minimum Gasteiger partial charge on any atom is -0.332 e. The molecule has 0 radical (unpaired) electrons. The first-order valence-corrected chi connectivity index (χ1v) is 6.91.